The Morgan fingerprint density at radius 1 is 0.486 bits per heavy atom. The molecule has 0 saturated heterocycles. The second-order valence-electron chi connectivity index (χ2n) is 22.3. The van der Waals surface area contributed by atoms with Crippen molar-refractivity contribution in [3.05, 3.63) is 257 Å². The van der Waals surface area contributed by atoms with Gasteiger partial charge >= 0.3 is 138 Å². The van der Waals surface area contributed by atoms with Gasteiger partial charge in [-0.3, -0.25) is 53.5 Å². The van der Waals surface area contributed by atoms with Crippen LogP contribution >= 0.6 is 31.9 Å². The summed E-state index contributed by atoms with van der Waals surface area (Å²) in [6.45, 7) is 9.70. The Bertz CT molecular complexity index is 4960. The maximum absolute atomic E-state index is 12.2. The van der Waals surface area contributed by atoms with Gasteiger partial charge in [-0.25, -0.2) is 0 Å². The number of methoxy groups -OCH3 is 1. The Hall–Kier alpha value is -7.04. The van der Waals surface area contributed by atoms with Gasteiger partial charge in [0.2, 0.25) is 0 Å². The number of nitrogens with one attached hydrogen (secondary N) is 4. The number of aryl methyl sites for hydroxylation is 5. The van der Waals surface area contributed by atoms with Crippen molar-refractivity contribution in [2.24, 2.45) is 0 Å². The van der Waals surface area contributed by atoms with Gasteiger partial charge in [0.25, 0.3) is 35.5 Å². The van der Waals surface area contributed by atoms with Gasteiger partial charge in [-0.05, 0) is 173 Å². The van der Waals surface area contributed by atoms with Crippen LogP contribution in [0.1, 0.15) is 49.5 Å². The zero-order valence-electron chi connectivity index (χ0n) is 59.7. The van der Waals surface area contributed by atoms with E-state index in [2.05, 4.69) is 125 Å². The van der Waals surface area contributed by atoms with Crippen LogP contribution < -0.4 is 159 Å². The molecule has 0 radical (unpaired) electrons. The van der Waals surface area contributed by atoms with Crippen LogP contribution in [-0.2, 0) is 46.1 Å². The number of aromatic nitrogens is 4. The van der Waals surface area contributed by atoms with Crippen LogP contribution in [0, 0.1) is 58.0 Å². The number of aliphatic carboxylic acids is 2. The molecule has 30 heteroatoms. The second kappa shape index (κ2) is 48.3. The first-order valence-corrected chi connectivity index (χ1v) is 32.8. The topological polar surface area (TPSA) is 378 Å². The van der Waals surface area contributed by atoms with E-state index in [0.29, 0.717) is 11.8 Å². The monoisotopic (exact) mass is 1890 g/mol. The third-order valence-corrected chi connectivity index (χ3v) is 15.2. The number of anilines is 2. The zero-order chi connectivity index (χ0) is 75.2. The third-order valence-electron chi connectivity index (χ3n) is 14.4. The van der Waals surface area contributed by atoms with Crippen molar-refractivity contribution < 1.29 is 223 Å². The number of carboxylic acids is 2. The van der Waals surface area contributed by atoms with E-state index in [1.807, 2.05) is 80.6 Å². The molecule has 0 bridgehead atoms. The first kappa shape index (κ1) is 94.0. The average molecular weight is 1900 g/mol. The Morgan fingerprint density at radius 2 is 0.762 bits per heavy atom. The van der Waals surface area contributed by atoms with Crippen LogP contribution in [0.4, 0.5) is 37.2 Å². The largest absolute Gasteiger partial charge is 1.00 e. The summed E-state index contributed by atoms with van der Waals surface area (Å²) in [5.74, 6) is -0.829. The second-order valence-corrected chi connectivity index (χ2v) is 24.0. The molecular formula is C75H75Br2Cs2F2N9O14Pd. The molecule has 4 heterocycles. The van der Waals surface area contributed by atoms with Gasteiger partial charge < -0.3 is 57.9 Å². The molecule has 0 aliphatic rings. The van der Waals surface area contributed by atoms with E-state index in [1.54, 1.807) is 55.6 Å². The van der Waals surface area contributed by atoms with Crippen LogP contribution in [0.5, 0.6) is 5.75 Å². The minimum Gasteiger partial charge on any atom is -1.00 e. The molecule has 4 aromatic heterocycles. The zero-order valence-corrected chi connectivity index (χ0v) is 76.0. The number of hydrogen-bond donors (Lipinski definition) is 8. The fourth-order valence-electron chi connectivity index (χ4n) is 9.91. The number of ether oxygens (including phenoxy) is 1. The quantitative estimate of drug-likeness (QED) is 0.0127. The number of nitrogens with zero attached hydrogens (tertiary/aromatic N) is 3. The van der Waals surface area contributed by atoms with Crippen LogP contribution in [0.25, 0.3) is 87.2 Å². The number of rotatable bonds is 9. The molecular weight excluding hydrogens is 1820 g/mol. The molecule has 14 rings (SSSR count). The molecule has 0 unspecified atom stereocenters. The van der Waals surface area contributed by atoms with E-state index in [-0.39, 0.29) is 206 Å². The van der Waals surface area contributed by atoms with Gasteiger partial charge in [0.1, 0.15) is 5.75 Å². The van der Waals surface area contributed by atoms with E-state index in [1.165, 1.54) is 73.5 Å². The fourth-order valence-corrected chi connectivity index (χ4v) is 10.2. The van der Waals surface area contributed by atoms with E-state index in [0.717, 1.165) is 108 Å². The smallest absolute Gasteiger partial charge is 1.00 e. The summed E-state index contributed by atoms with van der Waals surface area (Å²) in [5.41, 5.74) is 27.7. The molecule has 0 fully saturated rings. The van der Waals surface area contributed by atoms with Gasteiger partial charge in [0.05, 0.1) is 35.2 Å². The van der Waals surface area contributed by atoms with E-state index in [9.17, 15) is 39.1 Å². The van der Waals surface area contributed by atoms with Crippen LogP contribution in [0.2, 0.25) is 0 Å². The molecule has 105 heavy (non-hydrogen) atoms. The van der Waals surface area contributed by atoms with Crippen molar-refractivity contribution in [2.45, 2.75) is 54.4 Å². The Labute approximate surface area is 751 Å². The Morgan fingerprint density at radius 3 is 1.07 bits per heavy atom. The maximum atomic E-state index is 12.2. The number of alkyl halides is 3. The summed E-state index contributed by atoms with van der Waals surface area (Å²) in [5, 5.41) is 64.2. The summed E-state index contributed by atoms with van der Waals surface area (Å²) in [6.07, 6.45) is 1.41. The molecule has 0 aliphatic carbocycles. The molecule has 0 saturated carbocycles. The fraction of sp³-hybridized carbons (Fsp3) is 0.160. The van der Waals surface area contributed by atoms with E-state index >= 15 is 0 Å². The van der Waals surface area contributed by atoms with Crippen molar-refractivity contribution in [3.8, 4) is 5.75 Å². The van der Waals surface area contributed by atoms with Gasteiger partial charge in [0, 0.05) is 179 Å². The molecule has 23 nitrogen and oxygen atoms in total. The number of carbonyl (C=O) groups is 3. The van der Waals surface area contributed by atoms with E-state index < -0.39 is 16.9 Å². The number of hydrogen-bond acceptors (Lipinski definition) is 14. The molecule has 0 amide bonds. The van der Waals surface area contributed by atoms with Gasteiger partial charge in [0.15, 0.2) is 0 Å². The van der Waals surface area contributed by atoms with Crippen LogP contribution in [0.15, 0.2) is 199 Å². The first-order valence-electron chi connectivity index (χ1n) is 30.8. The molecule has 14 aromatic rings. The summed E-state index contributed by atoms with van der Waals surface area (Å²) >= 11 is 6.05. The Kier molecular flexibility index (Phi) is 43.3. The van der Waals surface area contributed by atoms with E-state index in [4.69, 9.17) is 46.1 Å². The third kappa shape index (κ3) is 30.6. The summed E-state index contributed by atoms with van der Waals surface area (Å²) in [6, 6.07) is 60.5. The number of nitrogens with two attached hydrogens (primary N) is 2. The van der Waals surface area contributed by atoms with Crippen molar-refractivity contribution in [1.82, 2.24) is 19.9 Å². The Balaban J connectivity index is 0.000000612. The average Bonchev–Trinajstić information content (AvgIpc) is 1.66. The number of aromatic amines is 4. The van der Waals surface area contributed by atoms with Crippen LogP contribution in [0.3, 0.4) is 0 Å². The maximum Gasteiger partial charge on any atom is 1.00 e. The number of carbonyl (C=O) groups excluding carboxylic acids is 1. The van der Waals surface area contributed by atoms with Gasteiger partial charge in [-0.1, -0.05) is 84.4 Å². The minimum atomic E-state index is -0.833. The normalized spacial score (nSPS) is 9.79. The molecule has 10 aromatic carbocycles. The molecule has 0 spiro atoms. The SMILES string of the molecule is CC(=O)O.CC(=O)O.COc1ccc(N)cc1.Cc1ccc2[nH]c3ccc(CCCF)cc3c2c1.Cc1ccc2[nH]c3ccc(N)cc3c2c1.Cc1ccc2[nH]c3ccc([N+](=O)[O-])cc3c2c1.Cc1ccc2[nH]c3ccc([N+](=O)[O-])cc3c2c1.FCCBr.O=CO[O-].O=[N+]([O-])c1ccc(Br)cc1.[Cs+].[Cs+].[H-].[Pd]. The summed E-state index contributed by atoms with van der Waals surface area (Å²) < 4.78 is 28.7. The van der Waals surface area contributed by atoms with Crippen molar-refractivity contribution in [1.29, 1.82) is 0 Å². The molecule has 0 aliphatic heterocycles. The van der Waals surface area contributed by atoms with Gasteiger partial charge in [-0.2, -0.15) is 0 Å². The molecule has 544 valence electrons. The molecule has 10 N–H and O–H groups in total. The number of nitrogen functional groups attached to an aromatic ring is 2. The molecule has 0 atom stereocenters. The minimum absolute atomic E-state index is 0. The van der Waals surface area contributed by atoms with Crippen molar-refractivity contribution in [3.63, 3.8) is 0 Å². The number of nitro groups is 3. The number of H-pyrrole nitrogens is 4. The standard InChI is InChI=1S/C16H16FN.2C13H10N2O2.C13H12N2.C7H9NO.C6H4BrNO2.C2H4BrF.2C2H4O2.CH2O3.2Cs.Pd.H/c1-11-4-6-15-13(9-11)14-10-12(3-2-8-17)5-7-16(14)18-15;2*1-8-2-4-12-10(6-8)11-7-9(15(16)17)3-5-13(11)14-12;1-8-2-4-12-10(6-8)11-7-9(14)3-5-13(11)15-12;1-9-7-4-2-6(8)3-5-7;7-5-1-3-6(4-2-5)8(9)10;3-1-2-4;2*1-2(3)4;2-1-4-3;;;;/h4-7,9-10,18H,2-3,8H2,1H3;2*2-7,14H,1H3;2-7,15H,14H2,1H3;2-5H,8H2,1H3;1-4H;1-2H2;2*1H3,(H,3,4);1,3H;;;;/q;;;;;;;;;;2*+1;;-1/p-1. The summed E-state index contributed by atoms with van der Waals surface area (Å²) in [7, 11) is 1.63. The van der Waals surface area contributed by atoms with Gasteiger partial charge in [-0.15, -0.1) is 0 Å². The first-order chi connectivity index (χ1) is 48.6. The number of non-ortho nitro benzene ring substituents is 3. The summed E-state index contributed by atoms with van der Waals surface area (Å²) in [4.78, 5) is 73.0. The number of benzene rings is 10. The number of fused-ring (bicyclic) bond motifs is 12. The van der Waals surface area contributed by atoms with Crippen molar-refractivity contribution >= 4 is 166 Å². The number of carboxylic acid groups (broad SMARTS) is 2. The van der Waals surface area contributed by atoms with Crippen molar-refractivity contribution in [2.75, 3.05) is 37.3 Å². The predicted molar refractivity (Wildman–Crippen MR) is 407 cm³/mol. The van der Waals surface area contributed by atoms with Crippen LogP contribution in [-0.4, -0.2) is 89.1 Å². The number of halogens is 4. The number of nitro benzene ring substituents is 3. The predicted octanol–water partition coefficient (Wildman–Crippen LogP) is 12.5.